The van der Waals surface area contributed by atoms with Crippen molar-refractivity contribution in [1.82, 2.24) is 5.32 Å². The van der Waals surface area contributed by atoms with Crippen LogP contribution < -0.4 is 5.32 Å². The largest absolute Gasteiger partial charge is 0.380 e. The van der Waals surface area contributed by atoms with Gasteiger partial charge in [-0.1, -0.05) is 39.0 Å². The molecular weight excluding hydrogens is 198 g/mol. The summed E-state index contributed by atoms with van der Waals surface area (Å²) in [7, 11) is 0. The molecule has 1 rings (SSSR count). The molecular formula is C14H29NO. The molecule has 0 aliphatic carbocycles. The van der Waals surface area contributed by atoms with Gasteiger partial charge >= 0.3 is 0 Å². The second kappa shape index (κ2) is 9.00. The van der Waals surface area contributed by atoms with Gasteiger partial charge in [-0.15, -0.1) is 0 Å². The molecule has 0 radical (unpaired) electrons. The van der Waals surface area contributed by atoms with E-state index >= 15 is 0 Å². The van der Waals surface area contributed by atoms with E-state index in [1.165, 1.54) is 51.4 Å². The molecule has 1 aliphatic rings. The lowest BCUT2D eigenvalue weighted by Crippen LogP contribution is -2.41. The maximum Gasteiger partial charge on any atom is 0.0619 e. The van der Waals surface area contributed by atoms with Crippen molar-refractivity contribution in [3.63, 3.8) is 0 Å². The molecule has 0 aromatic heterocycles. The number of nitrogens with one attached hydrogen (secondary N) is 1. The molecule has 0 saturated carbocycles. The Kier molecular flexibility index (Phi) is 7.87. The van der Waals surface area contributed by atoms with E-state index in [4.69, 9.17) is 4.74 Å². The molecule has 2 nitrogen and oxygen atoms in total. The van der Waals surface area contributed by atoms with E-state index in [9.17, 15) is 0 Å². The summed E-state index contributed by atoms with van der Waals surface area (Å²) in [5.74, 6) is 0. The quantitative estimate of drug-likeness (QED) is 0.641. The zero-order chi connectivity index (χ0) is 11.6. The molecule has 96 valence electrons. The number of rotatable bonds is 8. The Bertz CT molecular complexity index is 155. The summed E-state index contributed by atoms with van der Waals surface area (Å²) >= 11 is 0. The SMILES string of the molecule is CCCCCCCC(C)NC1CCCOC1. The number of hydrogen-bond donors (Lipinski definition) is 1. The highest BCUT2D eigenvalue weighted by atomic mass is 16.5. The third-order valence-electron chi connectivity index (χ3n) is 3.42. The summed E-state index contributed by atoms with van der Waals surface area (Å²) in [5.41, 5.74) is 0. The Morgan fingerprint density at radius 3 is 2.75 bits per heavy atom. The fourth-order valence-corrected chi connectivity index (χ4v) is 2.41. The van der Waals surface area contributed by atoms with Crippen molar-refractivity contribution in [3.8, 4) is 0 Å². The summed E-state index contributed by atoms with van der Waals surface area (Å²) in [6, 6.07) is 1.27. The van der Waals surface area contributed by atoms with E-state index in [-0.39, 0.29) is 0 Å². The Morgan fingerprint density at radius 2 is 2.06 bits per heavy atom. The van der Waals surface area contributed by atoms with Crippen LogP contribution in [0.15, 0.2) is 0 Å². The minimum Gasteiger partial charge on any atom is -0.380 e. The Morgan fingerprint density at radius 1 is 1.25 bits per heavy atom. The summed E-state index contributed by atoms with van der Waals surface area (Å²) in [6.07, 6.45) is 10.8. The smallest absolute Gasteiger partial charge is 0.0619 e. The Hall–Kier alpha value is -0.0800. The van der Waals surface area contributed by atoms with Crippen LogP contribution in [0.25, 0.3) is 0 Å². The molecule has 0 aromatic carbocycles. The fraction of sp³-hybridized carbons (Fsp3) is 1.00. The highest BCUT2D eigenvalue weighted by molar-refractivity contribution is 4.73. The van der Waals surface area contributed by atoms with Gasteiger partial charge in [-0.25, -0.2) is 0 Å². The van der Waals surface area contributed by atoms with Crippen LogP contribution in [-0.4, -0.2) is 25.3 Å². The van der Waals surface area contributed by atoms with Crippen molar-refractivity contribution in [2.75, 3.05) is 13.2 Å². The third-order valence-corrected chi connectivity index (χ3v) is 3.42. The zero-order valence-corrected chi connectivity index (χ0v) is 11.1. The lowest BCUT2D eigenvalue weighted by molar-refractivity contribution is 0.0666. The van der Waals surface area contributed by atoms with Gasteiger partial charge < -0.3 is 10.1 Å². The monoisotopic (exact) mass is 227 g/mol. The van der Waals surface area contributed by atoms with Gasteiger partial charge in [0, 0.05) is 18.7 Å². The lowest BCUT2D eigenvalue weighted by atomic mass is 10.0. The van der Waals surface area contributed by atoms with E-state index in [0.717, 1.165) is 13.2 Å². The van der Waals surface area contributed by atoms with Gasteiger partial charge in [0.05, 0.1) is 6.61 Å². The molecule has 1 saturated heterocycles. The first-order chi connectivity index (χ1) is 7.83. The molecule has 2 unspecified atom stereocenters. The fourth-order valence-electron chi connectivity index (χ4n) is 2.41. The standard InChI is InChI=1S/C14H29NO/c1-3-4-5-6-7-9-13(2)15-14-10-8-11-16-12-14/h13-15H,3-12H2,1-2H3. The maximum atomic E-state index is 5.48. The molecule has 0 aromatic rings. The normalized spacial score (nSPS) is 23.2. The molecule has 1 heterocycles. The minimum absolute atomic E-state index is 0.611. The van der Waals surface area contributed by atoms with Crippen molar-refractivity contribution in [3.05, 3.63) is 0 Å². The van der Waals surface area contributed by atoms with Gasteiger partial charge in [0.2, 0.25) is 0 Å². The predicted molar refractivity (Wildman–Crippen MR) is 69.8 cm³/mol. The molecule has 1 fully saturated rings. The highest BCUT2D eigenvalue weighted by Gasteiger charge is 2.15. The van der Waals surface area contributed by atoms with Crippen LogP contribution in [0.4, 0.5) is 0 Å². The van der Waals surface area contributed by atoms with Crippen LogP contribution in [0, 0.1) is 0 Å². The molecule has 16 heavy (non-hydrogen) atoms. The number of unbranched alkanes of at least 4 members (excludes halogenated alkanes) is 4. The van der Waals surface area contributed by atoms with Gasteiger partial charge in [0.1, 0.15) is 0 Å². The van der Waals surface area contributed by atoms with Gasteiger partial charge in [-0.2, -0.15) is 0 Å². The third kappa shape index (κ3) is 6.49. The molecule has 2 atom stereocenters. The predicted octanol–water partition coefficient (Wildman–Crippen LogP) is 3.50. The molecule has 0 amide bonds. The average Bonchev–Trinajstić information content (AvgIpc) is 2.30. The highest BCUT2D eigenvalue weighted by Crippen LogP contribution is 2.10. The zero-order valence-electron chi connectivity index (χ0n) is 11.1. The van der Waals surface area contributed by atoms with Crippen molar-refractivity contribution in [2.45, 2.75) is 77.3 Å². The van der Waals surface area contributed by atoms with Crippen LogP contribution in [0.1, 0.15) is 65.2 Å². The average molecular weight is 227 g/mol. The topological polar surface area (TPSA) is 21.3 Å². The van der Waals surface area contributed by atoms with Crippen LogP contribution in [-0.2, 0) is 4.74 Å². The van der Waals surface area contributed by atoms with Crippen LogP contribution in [0.3, 0.4) is 0 Å². The van der Waals surface area contributed by atoms with E-state index in [1.807, 2.05) is 0 Å². The summed E-state index contributed by atoms with van der Waals surface area (Å²) < 4.78 is 5.48. The summed E-state index contributed by atoms with van der Waals surface area (Å²) in [6.45, 7) is 6.46. The first-order valence-corrected chi connectivity index (χ1v) is 7.16. The van der Waals surface area contributed by atoms with Gasteiger partial charge in [-0.3, -0.25) is 0 Å². The minimum atomic E-state index is 0.611. The van der Waals surface area contributed by atoms with E-state index in [0.29, 0.717) is 12.1 Å². The van der Waals surface area contributed by atoms with Gasteiger partial charge in [0.25, 0.3) is 0 Å². The van der Waals surface area contributed by atoms with E-state index in [2.05, 4.69) is 19.2 Å². The molecule has 2 heteroatoms. The first kappa shape index (κ1) is 14.0. The van der Waals surface area contributed by atoms with Crippen molar-refractivity contribution in [2.24, 2.45) is 0 Å². The molecule has 1 N–H and O–H groups in total. The van der Waals surface area contributed by atoms with Crippen LogP contribution in [0.5, 0.6) is 0 Å². The van der Waals surface area contributed by atoms with Gasteiger partial charge in [0.15, 0.2) is 0 Å². The Labute approximate surface area is 101 Å². The first-order valence-electron chi connectivity index (χ1n) is 7.16. The second-order valence-electron chi connectivity index (χ2n) is 5.18. The summed E-state index contributed by atoms with van der Waals surface area (Å²) in [5, 5.41) is 3.68. The van der Waals surface area contributed by atoms with Crippen molar-refractivity contribution < 1.29 is 4.74 Å². The second-order valence-corrected chi connectivity index (χ2v) is 5.18. The summed E-state index contributed by atoms with van der Waals surface area (Å²) in [4.78, 5) is 0. The van der Waals surface area contributed by atoms with Crippen LogP contribution in [0.2, 0.25) is 0 Å². The van der Waals surface area contributed by atoms with Crippen molar-refractivity contribution >= 4 is 0 Å². The van der Waals surface area contributed by atoms with Gasteiger partial charge in [-0.05, 0) is 26.2 Å². The van der Waals surface area contributed by atoms with Crippen molar-refractivity contribution in [1.29, 1.82) is 0 Å². The van der Waals surface area contributed by atoms with E-state index < -0.39 is 0 Å². The maximum absolute atomic E-state index is 5.48. The van der Waals surface area contributed by atoms with Crippen LogP contribution >= 0.6 is 0 Å². The molecule has 0 spiro atoms. The van der Waals surface area contributed by atoms with E-state index in [1.54, 1.807) is 0 Å². The number of ether oxygens (including phenoxy) is 1. The molecule has 1 aliphatic heterocycles. The molecule has 0 bridgehead atoms. The number of hydrogen-bond acceptors (Lipinski definition) is 2. The lowest BCUT2D eigenvalue weighted by Gasteiger charge is -2.26. The Balaban J connectivity index is 1.95.